The molecule has 0 amide bonds. The molecule has 0 bridgehead atoms. The van der Waals surface area contributed by atoms with Gasteiger partial charge in [0.05, 0.1) is 12.3 Å². The number of para-hydroxylation sites is 1. The summed E-state index contributed by atoms with van der Waals surface area (Å²) in [6.07, 6.45) is 2.24. The zero-order valence-electron chi connectivity index (χ0n) is 16.2. The number of benzene rings is 1. The van der Waals surface area contributed by atoms with E-state index in [0.717, 1.165) is 49.0 Å². The van der Waals surface area contributed by atoms with Crippen molar-refractivity contribution in [3.05, 3.63) is 47.9 Å². The lowest BCUT2D eigenvalue weighted by atomic mass is 9.95. The standard InChI is InChI=1S/C21H29N3O2/c1-21(2,3)20-22-16(15-25-4)14-19(23-20)24-12-10-18(11-13-24)26-17-8-6-5-7-9-17/h5-9,14,18H,10-13,15H2,1-4H3. The van der Waals surface area contributed by atoms with E-state index in [1.54, 1.807) is 7.11 Å². The van der Waals surface area contributed by atoms with Crippen molar-refractivity contribution in [3.63, 3.8) is 0 Å². The molecule has 5 nitrogen and oxygen atoms in total. The summed E-state index contributed by atoms with van der Waals surface area (Å²) in [5.41, 5.74) is 0.845. The van der Waals surface area contributed by atoms with E-state index in [1.807, 2.05) is 30.3 Å². The van der Waals surface area contributed by atoms with Gasteiger partial charge in [0.25, 0.3) is 0 Å². The predicted octanol–water partition coefficient (Wildman–Crippen LogP) is 3.97. The lowest BCUT2D eigenvalue weighted by Crippen LogP contribution is -2.39. The van der Waals surface area contributed by atoms with Gasteiger partial charge >= 0.3 is 0 Å². The maximum Gasteiger partial charge on any atom is 0.136 e. The third-order valence-electron chi connectivity index (χ3n) is 4.54. The fourth-order valence-electron chi connectivity index (χ4n) is 3.10. The van der Waals surface area contributed by atoms with Crippen LogP contribution in [0.15, 0.2) is 36.4 Å². The second kappa shape index (κ2) is 8.04. The Labute approximate surface area is 156 Å². The first-order valence-corrected chi connectivity index (χ1v) is 9.30. The van der Waals surface area contributed by atoms with Crippen molar-refractivity contribution in [2.75, 3.05) is 25.1 Å². The van der Waals surface area contributed by atoms with Crippen molar-refractivity contribution in [3.8, 4) is 5.75 Å². The van der Waals surface area contributed by atoms with Gasteiger partial charge < -0.3 is 14.4 Å². The van der Waals surface area contributed by atoms with Crippen LogP contribution in [0.1, 0.15) is 45.1 Å². The van der Waals surface area contributed by atoms with Gasteiger partial charge in [0, 0.05) is 44.5 Å². The van der Waals surface area contributed by atoms with Crippen LogP contribution < -0.4 is 9.64 Å². The normalized spacial score (nSPS) is 15.9. The Hall–Kier alpha value is -2.14. The molecule has 0 N–H and O–H groups in total. The molecule has 0 radical (unpaired) electrons. The summed E-state index contributed by atoms with van der Waals surface area (Å²) >= 11 is 0. The Bertz CT molecular complexity index is 705. The molecule has 5 heteroatoms. The summed E-state index contributed by atoms with van der Waals surface area (Å²) in [4.78, 5) is 11.8. The van der Waals surface area contributed by atoms with Gasteiger partial charge in [-0.1, -0.05) is 39.0 Å². The van der Waals surface area contributed by atoms with Gasteiger partial charge in [-0.3, -0.25) is 0 Å². The van der Waals surface area contributed by atoms with E-state index in [2.05, 4.69) is 36.7 Å². The quantitative estimate of drug-likeness (QED) is 0.812. The van der Waals surface area contributed by atoms with E-state index < -0.39 is 0 Å². The number of ether oxygens (including phenoxy) is 2. The van der Waals surface area contributed by atoms with E-state index in [4.69, 9.17) is 14.5 Å². The fraction of sp³-hybridized carbons (Fsp3) is 0.524. The van der Waals surface area contributed by atoms with Crippen LogP contribution in [-0.2, 0) is 16.8 Å². The minimum atomic E-state index is -0.0900. The van der Waals surface area contributed by atoms with Gasteiger partial charge in [0.2, 0.25) is 0 Å². The molecule has 2 aromatic rings. The molecule has 1 aliphatic heterocycles. The Balaban J connectivity index is 1.69. The summed E-state index contributed by atoms with van der Waals surface area (Å²) in [5.74, 6) is 2.81. The minimum Gasteiger partial charge on any atom is -0.490 e. The number of hydrogen-bond acceptors (Lipinski definition) is 5. The van der Waals surface area contributed by atoms with E-state index >= 15 is 0 Å². The highest BCUT2D eigenvalue weighted by Gasteiger charge is 2.24. The molecule has 1 aromatic carbocycles. The third-order valence-corrected chi connectivity index (χ3v) is 4.54. The van der Waals surface area contributed by atoms with Gasteiger partial charge in [0.1, 0.15) is 23.5 Å². The molecule has 2 heterocycles. The zero-order valence-corrected chi connectivity index (χ0v) is 16.2. The maximum absolute atomic E-state index is 6.10. The monoisotopic (exact) mass is 355 g/mol. The lowest BCUT2D eigenvalue weighted by molar-refractivity contribution is 0.170. The van der Waals surface area contributed by atoms with E-state index in [1.165, 1.54) is 0 Å². The van der Waals surface area contributed by atoms with Crippen molar-refractivity contribution in [1.82, 2.24) is 9.97 Å². The van der Waals surface area contributed by atoms with Gasteiger partial charge in [-0.05, 0) is 12.1 Å². The largest absolute Gasteiger partial charge is 0.490 e. The summed E-state index contributed by atoms with van der Waals surface area (Å²) < 4.78 is 11.4. The van der Waals surface area contributed by atoms with Crippen LogP contribution in [0.4, 0.5) is 5.82 Å². The lowest BCUT2D eigenvalue weighted by Gasteiger charge is -2.33. The van der Waals surface area contributed by atoms with E-state index in [-0.39, 0.29) is 11.5 Å². The van der Waals surface area contributed by atoms with Crippen LogP contribution >= 0.6 is 0 Å². The topological polar surface area (TPSA) is 47.5 Å². The Kier molecular flexibility index (Phi) is 5.77. The average Bonchev–Trinajstić information content (AvgIpc) is 2.62. The molecule has 0 unspecified atom stereocenters. The minimum absolute atomic E-state index is 0.0900. The van der Waals surface area contributed by atoms with Crippen molar-refractivity contribution in [2.24, 2.45) is 0 Å². The van der Waals surface area contributed by atoms with Gasteiger partial charge in [0.15, 0.2) is 0 Å². The molecular weight excluding hydrogens is 326 g/mol. The SMILES string of the molecule is COCc1cc(N2CCC(Oc3ccccc3)CC2)nc(C(C)(C)C)n1. The molecule has 0 saturated carbocycles. The van der Waals surface area contributed by atoms with Crippen molar-refractivity contribution in [2.45, 2.75) is 51.7 Å². The second-order valence-corrected chi connectivity index (χ2v) is 7.84. The van der Waals surface area contributed by atoms with Gasteiger partial charge in [-0.15, -0.1) is 0 Å². The first-order valence-electron chi connectivity index (χ1n) is 9.30. The number of piperidine rings is 1. The third kappa shape index (κ3) is 4.73. The number of aromatic nitrogens is 2. The van der Waals surface area contributed by atoms with E-state index in [9.17, 15) is 0 Å². The maximum atomic E-state index is 6.10. The van der Waals surface area contributed by atoms with Gasteiger partial charge in [-0.2, -0.15) is 0 Å². The molecule has 26 heavy (non-hydrogen) atoms. The molecule has 1 saturated heterocycles. The molecule has 1 fully saturated rings. The summed E-state index contributed by atoms with van der Waals surface area (Å²) in [7, 11) is 1.70. The van der Waals surface area contributed by atoms with Crippen LogP contribution in [0, 0.1) is 0 Å². The Morgan fingerprint density at radius 1 is 1.08 bits per heavy atom. The van der Waals surface area contributed by atoms with Crippen molar-refractivity contribution in [1.29, 1.82) is 0 Å². The van der Waals surface area contributed by atoms with E-state index in [0.29, 0.717) is 6.61 Å². The van der Waals surface area contributed by atoms with Crippen LogP contribution in [-0.4, -0.2) is 36.3 Å². The highest BCUT2D eigenvalue weighted by Crippen LogP contribution is 2.26. The second-order valence-electron chi connectivity index (χ2n) is 7.84. The first kappa shape index (κ1) is 18.6. The Morgan fingerprint density at radius 3 is 2.38 bits per heavy atom. The molecule has 0 spiro atoms. The first-order chi connectivity index (χ1) is 12.5. The highest BCUT2D eigenvalue weighted by molar-refractivity contribution is 5.41. The average molecular weight is 355 g/mol. The van der Waals surface area contributed by atoms with Crippen molar-refractivity contribution < 1.29 is 9.47 Å². The summed E-state index contributed by atoms with van der Waals surface area (Å²) in [5, 5.41) is 0. The zero-order chi connectivity index (χ0) is 18.6. The molecule has 1 aromatic heterocycles. The molecule has 0 atom stereocenters. The molecule has 0 aliphatic carbocycles. The smallest absolute Gasteiger partial charge is 0.136 e. The van der Waals surface area contributed by atoms with Crippen molar-refractivity contribution >= 4 is 5.82 Å². The Morgan fingerprint density at radius 2 is 1.77 bits per heavy atom. The number of hydrogen-bond donors (Lipinski definition) is 0. The number of rotatable bonds is 5. The predicted molar refractivity (Wildman–Crippen MR) is 104 cm³/mol. The molecule has 1 aliphatic rings. The molecular formula is C21H29N3O2. The van der Waals surface area contributed by atoms with Crippen LogP contribution in [0.25, 0.3) is 0 Å². The number of methoxy groups -OCH3 is 1. The number of anilines is 1. The summed E-state index contributed by atoms with van der Waals surface area (Å²) in [6.45, 7) is 8.80. The molecule has 3 rings (SSSR count). The summed E-state index contributed by atoms with van der Waals surface area (Å²) in [6, 6.07) is 12.1. The highest BCUT2D eigenvalue weighted by atomic mass is 16.5. The van der Waals surface area contributed by atoms with Crippen LogP contribution in [0.3, 0.4) is 0 Å². The van der Waals surface area contributed by atoms with Crippen LogP contribution in [0.5, 0.6) is 5.75 Å². The fourth-order valence-corrected chi connectivity index (χ4v) is 3.10. The van der Waals surface area contributed by atoms with Crippen LogP contribution in [0.2, 0.25) is 0 Å². The molecule has 140 valence electrons. The number of nitrogens with zero attached hydrogens (tertiary/aromatic N) is 3. The van der Waals surface area contributed by atoms with Gasteiger partial charge in [-0.25, -0.2) is 9.97 Å².